The average molecular weight is 292 g/mol. The van der Waals surface area contributed by atoms with Gasteiger partial charge in [-0.15, -0.1) is 5.10 Å². The molecular formula is C16H12N4O2. The fourth-order valence-corrected chi connectivity index (χ4v) is 2.41. The van der Waals surface area contributed by atoms with Gasteiger partial charge in [-0.05, 0) is 36.4 Å². The minimum atomic E-state index is -0.244. The third-order valence-electron chi connectivity index (χ3n) is 3.48. The number of hydrogen-bond acceptors (Lipinski definition) is 4. The molecule has 0 unspecified atom stereocenters. The topological polar surface area (TPSA) is 79.4 Å². The van der Waals surface area contributed by atoms with E-state index in [2.05, 4.69) is 26.6 Å². The van der Waals surface area contributed by atoms with Gasteiger partial charge in [0.2, 0.25) is 5.90 Å². The number of ether oxygens (including phenoxy) is 1. The van der Waals surface area contributed by atoms with Crippen molar-refractivity contribution in [3.8, 4) is 11.3 Å². The normalized spacial score (nSPS) is 14.4. The predicted octanol–water partition coefficient (Wildman–Crippen LogP) is 2.04. The summed E-state index contributed by atoms with van der Waals surface area (Å²) in [5, 5.41) is 4.98. The molecule has 0 atom stereocenters. The highest BCUT2D eigenvalue weighted by Crippen LogP contribution is 2.24. The Hall–Kier alpha value is -3.15. The smallest absolute Gasteiger partial charge is 0.278 e. The molecule has 0 fully saturated rings. The number of amides is 1. The highest BCUT2D eigenvalue weighted by molar-refractivity contribution is 6.01. The number of aromatic amines is 1. The van der Waals surface area contributed by atoms with Crippen LogP contribution >= 0.6 is 0 Å². The van der Waals surface area contributed by atoms with E-state index in [-0.39, 0.29) is 12.5 Å². The van der Waals surface area contributed by atoms with E-state index >= 15 is 0 Å². The van der Waals surface area contributed by atoms with E-state index < -0.39 is 0 Å². The molecule has 0 aliphatic carbocycles. The van der Waals surface area contributed by atoms with E-state index in [9.17, 15) is 4.79 Å². The molecule has 6 nitrogen and oxygen atoms in total. The predicted molar refractivity (Wildman–Crippen MR) is 82.2 cm³/mol. The summed E-state index contributed by atoms with van der Waals surface area (Å²) in [5.74, 6) is 0.180. The summed E-state index contributed by atoms with van der Waals surface area (Å²) < 4.78 is 5.34. The van der Waals surface area contributed by atoms with Gasteiger partial charge >= 0.3 is 0 Å². The number of fused-ring (bicyclic) bond motifs is 1. The van der Waals surface area contributed by atoms with Crippen LogP contribution in [0.15, 0.2) is 53.9 Å². The lowest BCUT2D eigenvalue weighted by molar-refractivity contribution is -0.124. The number of hydrazone groups is 1. The van der Waals surface area contributed by atoms with E-state index in [1.165, 1.54) is 0 Å². The van der Waals surface area contributed by atoms with Crippen LogP contribution in [0.4, 0.5) is 0 Å². The monoisotopic (exact) mass is 292 g/mol. The lowest BCUT2D eigenvalue weighted by Gasteiger charge is -2.13. The van der Waals surface area contributed by atoms with Crippen molar-refractivity contribution in [1.29, 1.82) is 0 Å². The highest BCUT2D eigenvalue weighted by Gasteiger charge is 2.15. The molecule has 0 spiro atoms. The standard InChI is InChI=1S/C16H12N4O2/c21-15-9-22-16(20-19-15)11-1-2-13-12(7-11)8-14(18-13)10-3-5-17-6-4-10/h1-8,18H,9H2,(H,19,21). The van der Waals surface area contributed by atoms with E-state index in [1.54, 1.807) is 12.4 Å². The minimum absolute atomic E-state index is 0.00767. The quantitative estimate of drug-likeness (QED) is 0.758. The van der Waals surface area contributed by atoms with Crippen molar-refractivity contribution in [2.45, 2.75) is 0 Å². The second kappa shape index (κ2) is 5.00. The highest BCUT2D eigenvalue weighted by atomic mass is 16.5. The molecule has 3 aromatic rings. The van der Waals surface area contributed by atoms with Crippen molar-refractivity contribution < 1.29 is 9.53 Å². The van der Waals surface area contributed by atoms with Gasteiger partial charge in [0.25, 0.3) is 5.91 Å². The first kappa shape index (κ1) is 12.6. The average Bonchev–Trinajstić information content (AvgIpc) is 2.99. The number of carbonyl (C=O) groups is 1. The van der Waals surface area contributed by atoms with Gasteiger partial charge in [-0.25, -0.2) is 5.43 Å². The number of H-pyrrole nitrogens is 1. The molecule has 4 rings (SSSR count). The molecule has 0 bridgehead atoms. The van der Waals surface area contributed by atoms with Crippen LogP contribution in [0.5, 0.6) is 0 Å². The molecule has 1 amide bonds. The SMILES string of the molecule is O=C1COC(c2ccc3[nH]c(-c4ccncc4)cc3c2)=NN1. The zero-order chi connectivity index (χ0) is 14.9. The number of rotatable bonds is 2. The number of carbonyl (C=O) groups excluding carboxylic acids is 1. The van der Waals surface area contributed by atoms with Crippen LogP contribution < -0.4 is 5.43 Å². The summed E-state index contributed by atoms with van der Waals surface area (Å²) in [5.41, 5.74) is 6.37. The summed E-state index contributed by atoms with van der Waals surface area (Å²) in [6.45, 7) is -0.00767. The first-order chi connectivity index (χ1) is 10.8. The van der Waals surface area contributed by atoms with E-state index in [1.807, 2.05) is 30.3 Å². The molecule has 1 aliphatic rings. The third-order valence-corrected chi connectivity index (χ3v) is 3.48. The zero-order valence-corrected chi connectivity index (χ0v) is 11.5. The number of nitrogens with one attached hydrogen (secondary N) is 2. The molecule has 6 heteroatoms. The third kappa shape index (κ3) is 2.20. The minimum Gasteiger partial charge on any atom is -0.466 e. The fraction of sp³-hybridized carbons (Fsp3) is 0.0625. The molecule has 0 radical (unpaired) electrons. The van der Waals surface area contributed by atoms with E-state index in [0.29, 0.717) is 5.90 Å². The Kier molecular flexibility index (Phi) is 2.86. The van der Waals surface area contributed by atoms with Crippen LogP contribution in [-0.2, 0) is 9.53 Å². The van der Waals surface area contributed by atoms with Crippen molar-refractivity contribution in [2.75, 3.05) is 6.61 Å². The summed E-state index contributed by atoms with van der Waals surface area (Å²) in [6, 6.07) is 11.8. The summed E-state index contributed by atoms with van der Waals surface area (Å²) in [6.07, 6.45) is 3.53. The molecule has 108 valence electrons. The molecule has 2 aromatic heterocycles. The van der Waals surface area contributed by atoms with Crippen molar-refractivity contribution in [1.82, 2.24) is 15.4 Å². The maximum absolute atomic E-state index is 11.1. The van der Waals surface area contributed by atoms with Crippen molar-refractivity contribution >= 4 is 22.7 Å². The van der Waals surface area contributed by atoms with Gasteiger partial charge in [0.1, 0.15) is 0 Å². The van der Waals surface area contributed by atoms with Crippen molar-refractivity contribution in [2.24, 2.45) is 5.10 Å². The van der Waals surface area contributed by atoms with Crippen LogP contribution in [0.2, 0.25) is 0 Å². The number of benzene rings is 1. The van der Waals surface area contributed by atoms with Crippen LogP contribution in [0.25, 0.3) is 22.2 Å². The van der Waals surface area contributed by atoms with E-state index in [0.717, 1.165) is 27.7 Å². The number of hydrogen-bond donors (Lipinski definition) is 2. The molecule has 2 N–H and O–H groups in total. The lowest BCUT2D eigenvalue weighted by atomic mass is 10.1. The van der Waals surface area contributed by atoms with Gasteiger partial charge in [-0.3, -0.25) is 9.78 Å². The fourth-order valence-electron chi connectivity index (χ4n) is 2.41. The molecule has 1 aliphatic heterocycles. The summed E-state index contributed by atoms with van der Waals surface area (Å²) in [7, 11) is 0. The van der Waals surface area contributed by atoms with Crippen LogP contribution in [-0.4, -0.2) is 28.4 Å². The first-order valence-corrected chi connectivity index (χ1v) is 6.82. The number of nitrogens with zero attached hydrogens (tertiary/aromatic N) is 2. The van der Waals surface area contributed by atoms with Crippen molar-refractivity contribution in [3.05, 3.63) is 54.4 Å². The Morgan fingerprint density at radius 1 is 1.05 bits per heavy atom. The van der Waals surface area contributed by atoms with Crippen molar-refractivity contribution in [3.63, 3.8) is 0 Å². The Morgan fingerprint density at radius 3 is 2.68 bits per heavy atom. The van der Waals surface area contributed by atoms with Gasteiger partial charge in [-0.2, -0.15) is 0 Å². The van der Waals surface area contributed by atoms with Crippen LogP contribution in [0.1, 0.15) is 5.56 Å². The number of pyridine rings is 1. The second-order valence-corrected chi connectivity index (χ2v) is 4.96. The summed E-state index contributed by atoms with van der Waals surface area (Å²) in [4.78, 5) is 18.5. The zero-order valence-electron chi connectivity index (χ0n) is 11.5. The van der Waals surface area contributed by atoms with Crippen LogP contribution in [0, 0.1) is 0 Å². The Morgan fingerprint density at radius 2 is 1.91 bits per heavy atom. The Bertz CT molecular complexity index is 884. The molecule has 0 saturated carbocycles. The Balaban J connectivity index is 1.74. The molecule has 0 saturated heterocycles. The second-order valence-electron chi connectivity index (χ2n) is 4.96. The van der Waals surface area contributed by atoms with Gasteiger partial charge < -0.3 is 9.72 Å². The largest absolute Gasteiger partial charge is 0.466 e. The molecule has 22 heavy (non-hydrogen) atoms. The van der Waals surface area contributed by atoms with Crippen LogP contribution in [0.3, 0.4) is 0 Å². The van der Waals surface area contributed by atoms with Gasteiger partial charge in [-0.1, -0.05) is 0 Å². The molecule has 3 heterocycles. The van der Waals surface area contributed by atoms with Gasteiger partial charge in [0, 0.05) is 40.1 Å². The Labute approximate surface area is 125 Å². The number of aromatic nitrogens is 2. The maximum Gasteiger partial charge on any atom is 0.278 e. The molecule has 1 aromatic carbocycles. The maximum atomic E-state index is 11.1. The van der Waals surface area contributed by atoms with Gasteiger partial charge in [0.15, 0.2) is 6.61 Å². The summed E-state index contributed by atoms with van der Waals surface area (Å²) >= 11 is 0. The first-order valence-electron chi connectivity index (χ1n) is 6.82. The van der Waals surface area contributed by atoms with Gasteiger partial charge in [0.05, 0.1) is 0 Å². The lowest BCUT2D eigenvalue weighted by Crippen LogP contribution is -2.32. The molecular weight excluding hydrogens is 280 g/mol. The van der Waals surface area contributed by atoms with E-state index in [4.69, 9.17) is 4.74 Å².